The largest absolute Gasteiger partial charge is 0.192 e. The molecule has 1 nitrogen and oxygen atoms in total. The van der Waals surface area contributed by atoms with Gasteiger partial charge in [-0.2, -0.15) is 5.26 Å². The standard InChI is InChI=1S/C13H17NS/c1-3-4-5-8-15-13-7-6-11(2)9-12(13)10-14/h6-7,9H,3-5,8H2,1-2H3. The van der Waals surface area contributed by atoms with Crippen molar-refractivity contribution in [1.82, 2.24) is 0 Å². The van der Waals surface area contributed by atoms with Crippen molar-refractivity contribution in [2.24, 2.45) is 0 Å². The van der Waals surface area contributed by atoms with Gasteiger partial charge in [-0.3, -0.25) is 0 Å². The molecule has 0 saturated heterocycles. The SMILES string of the molecule is CCCCCSc1ccc(C)cc1C#N. The van der Waals surface area contributed by atoms with E-state index in [9.17, 15) is 0 Å². The third-order valence-electron chi connectivity index (χ3n) is 2.26. The summed E-state index contributed by atoms with van der Waals surface area (Å²) in [4.78, 5) is 1.12. The molecule has 0 atom stereocenters. The highest BCUT2D eigenvalue weighted by molar-refractivity contribution is 7.99. The fourth-order valence-corrected chi connectivity index (χ4v) is 2.38. The minimum Gasteiger partial charge on any atom is -0.192 e. The van der Waals surface area contributed by atoms with Crippen LogP contribution in [0.4, 0.5) is 0 Å². The topological polar surface area (TPSA) is 23.8 Å². The summed E-state index contributed by atoms with van der Waals surface area (Å²) >= 11 is 1.80. The van der Waals surface area contributed by atoms with E-state index in [1.54, 1.807) is 11.8 Å². The third kappa shape index (κ3) is 3.97. The Kier molecular flexibility index (Phi) is 5.28. The molecule has 0 aromatic heterocycles. The quantitative estimate of drug-likeness (QED) is 0.548. The lowest BCUT2D eigenvalue weighted by atomic mass is 10.2. The molecule has 0 fully saturated rings. The fraction of sp³-hybridized carbons (Fsp3) is 0.462. The van der Waals surface area contributed by atoms with Gasteiger partial charge in [0.2, 0.25) is 0 Å². The van der Waals surface area contributed by atoms with Crippen LogP contribution < -0.4 is 0 Å². The van der Waals surface area contributed by atoms with Crippen molar-refractivity contribution < 1.29 is 0 Å². The predicted molar refractivity (Wildman–Crippen MR) is 66.1 cm³/mol. The van der Waals surface area contributed by atoms with E-state index < -0.39 is 0 Å². The number of unbranched alkanes of at least 4 members (excludes halogenated alkanes) is 2. The van der Waals surface area contributed by atoms with Crippen molar-refractivity contribution in [1.29, 1.82) is 5.26 Å². The minimum absolute atomic E-state index is 0.816. The van der Waals surface area contributed by atoms with E-state index in [1.807, 2.05) is 13.0 Å². The minimum atomic E-state index is 0.816. The Balaban J connectivity index is 2.57. The molecule has 0 unspecified atom stereocenters. The van der Waals surface area contributed by atoms with Crippen LogP contribution >= 0.6 is 11.8 Å². The number of nitrogens with zero attached hydrogens (tertiary/aromatic N) is 1. The second kappa shape index (κ2) is 6.53. The van der Waals surface area contributed by atoms with Crippen LogP contribution in [0.3, 0.4) is 0 Å². The Bertz CT molecular complexity index is 352. The van der Waals surface area contributed by atoms with Gasteiger partial charge in [-0.1, -0.05) is 25.8 Å². The maximum atomic E-state index is 8.98. The monoisotopic (exact) mass is 219 g/mol. The van der Waals surface area contributed by atoms with Crippen LogP contribution in [0.1, 0.15) is 37.3 Å². The zero-order chi connectivity index (χ0) is 11.1. The van der Waals surface area contributed by atoms with Crippen LogP contribution in [-0.4, -0.2) is 5.75 Å². The maximum Gasteiger partial charge on any atom is 0.100 e. The first-order valence-corrected chi connectivity index (χ1v) is 6.40. The van der Waals surface area contributed by atoms with Crippen LogP contribution in [0.5, 0.6) is 0 Å². The van der Waals surface area contributed by atoms with E-state index in [4.69, 9.17) is 5.26 Å². The summed E-state index contributed by atoms with van der Waals surface area (Å²) in [5.74, 6) is 1.12. The van der Waals surface area contributed by atoms with Crippen LogP contribution in [0.2, 0.25) is 0 Å². The summed E-state index contributed by atoms with van der Waals surface area (Å²) < 4.78 is 0. The lowest BCUT2D eigenvalue weighted by molar-refractivity contribution is 0.778. The van der Waals surface area contributed by atoms with Crippen molar-refractivity contribution in [2.75, 3.05) is 5.75 Å². The van der Waals surface area contributed by atoms with Crippen molar-refractivity contribution in [2.45, 2.75) is 38.0 Å². The Morgan fingerprint density at radius 3 is 2.80 bits per heavy atom. The molecule has 0 bridgehead atoms. The smallest absolute Gasteiger partial charge is 0.100 e. The van der Waals surface area contributed by atoms with E-state index >= 15 is 0 Å². The molecule has 0 aliphatic carbocycles. The van der Waals surface area contributed by atoms with Gasteiger partial charge < -0.3 is 0 Å². The Hall–Kier alpha value is -0.940. The van der Waals surface area contributed by atoms with E-state index in [0.29, 0.717) is 0 Å². The molecule has 1 aromatic rings. The van der Waals surface area contributed by atoms with Gasteiger partial charge in [0.15, 0.2) is 0 Å². The molecule has 0 amide bonds. The van der Waals surface area contributed by atoms with Crippen LogP contribution in [0.25, 0.3) is 0 Å². The Labute approximate surface area is 96.5 Å². The van der Waals surface area contributed by atoms with Crippen LogP contribution in [0, 0.1) is 18.3 Å². The highest BCUT2D eigenvalue weighted by Crippen LogP contribution is 2.24. The number of hydrogen-bond acceptors (Lipinski definition) is 2. The van der Waals surface area contributed by atoms with Crippen molar-refractivity contribution >= 4 is 11.8 Å². The summed E-state index contributed by atoms with van der Waals surface area (Å²) in [5, 5.41) is 8.98. The molecule has 0 radical (unpaired) electrons. The zero-order valence-corrected chi connectivity index (χ0v) is 10.2. The van der Waals surface area contributed by atoms with Crippen LogP contribution in [0.15, 0.2) is 23.1 Å². The van der Waals surface area contributed by atoms with E-state index in [2.05, 4.69) is 25.1 Å². The zero-order valence-electron chi connectivity index (χ0n) is 9.42. The predicted octanol–water partition coefficient (Wildman–Crippen LogP) is 4.15. The first kappa shape index (κ1) is 12.1. The molecule has 0 saturated carbocycles. The fourth-order valence-electron chi connectivity index (χ4n) is 1.39. The van der Waals surface area contributed by atoms with Crippen molar-refractivity contribution in [3.8, 4) is 6.07 Å². The first-order chi connectivity index (χ1) is 7.27. The Morgan fingerprint density at radius 1 is 1.33 bits per heavy atom. The number of nitriles is 1. The van der Waals surface area contributed by atoms with Gasteiger partial charge in [0.1, 0.15) is 6.07 Å². The highest BCUT2D eigenvalue weighted by Gasteiger charge is 2.02. The molecule has 0 spiro atoms. The van der Waals surface area contributed by atoms with Gasteiger partial charge >= 0.3 is 0 Å². The first-order valence-electron chi connectivity index (χ1n) is 5.41. The third-order valence-corrected chi connectivity index (χ3v) is 3.42. The number of rotatable bonds is 5. The average molecular weight is 219 g/mol. The summed E-state index contributed by atoms with van der Waals surface area (Å²) in [7, 11) is 0. The van der Waals surface area contributed by atoms with Gasteiger partial charge in [0.05, 0.1) is 5.56 Å². The lowest BCUT2D eigenvalue weighted by Gasteiger charge is -2.04. The summed E-state index contributed by atoms with van der Waals surface area (Å²) in [5.41, 5.74) is 1.97. The molecule has 0 heterocycles. The molecule has 80 valence electrons. The Morgan fingerprint density at radius 2 is 2.13 bits per heavy atom. The van der Waals surface area contributed by atoms with E-state index in [0.717, 1.165) is 21.8 Å². The number of benzene rings is 1. The van der Waals surface area contributed by atoms with Gasteiger partial charge in [0.25, 0.3) is 0 Å². The summed E-state index contributed by atoms with van der Waals surface area (Å²) in [6, 6.07) is 8.35. The van der Waals surface area contributed by atoms with Crippen molar-refractivity contribution in [3.63, 3.8) is 0 Å². The molecule has 0 aliphatic rings. The second-order valence-electron chi connectivity index (χ2n) is 3.67. The number of aryl methyl sites for hydroxylation is 1. The van der Waals surface area contributed by atoms with Gasteiger partial charge in [-0.05, 0) is 36.8 Å². The van der Waals surface area contributed by atoms with Crippen molar-refractivity contribution in [3.05, 3.63) is 29.3 Å². The summed E-state index contributed by atoms with van der Waals surface area (Å²) in [6.07, 6.45) is 3.76. The number of hydrogen-bond donors (Lipinski definition) is 0. The highest BCUT2D eigenvalue weighted by atomic mass is 32.2. The molecular formula is C13H17NS. The molecule has 1 aromatic carbocycles. The molecule has 1 rings (SSSR count). The maximum absolute atomic E-state index is 8.98. The second-order valence-corrected chi connectivity index (χ2v) is 4.80. The average Bonchev–Trinajstić information content (AvgIpc) is 2.26. The lowest BCUT2D eigenvalue weighted by Crippen LogP contribution is -1.85. The molecule has 2 heteroatoms. The number of thioether (sulfide) groups is 1. The van der Waals surface area contributed by atoms with E-state index in [-0.39, 0.29) is 0 Å². The molecule has 15 heavy (non-hydrogen) atoms. The van der Waals surface area contributed by atoms with E-state index in [1.165, 1.54) is 19.3 Å². The van der Waals surface area contributed by atoms with Gasteiger partial charge in [-0.25, -0.2) is 0 Å². The van der Waals surface area contributed by atoms with Crippen LogP contribution in [-0.2, 0) is 0 Å². The normalized spacial score (nSPS) is 9.93. The molecule has 0 N–H and O–H groups in total. The molecule has 0 aliphatic heterocycles. The van der Waals surface area contributed by atoms with Gasteiger partial charge in [-0.15, -0.1) is 11.8 Å². The van der Waals surface area contributed by atoms with Gasteiger partial charge in [0, 0.05) is 4.90 Å². The summed E-state index contributed by atoms with van der Waals surface area (Å²) in [6.45, 7) is 4.23. The molecular weight excluding hydrogens is 202 g/mol.